The zero-order chi connectivity index (χ0) is 32.0. The summed E-state index contributed by atoms with van der Waals surface area (Å²) < 4.78 is 12.5. The summed E-state index contributed by atoms with van der Waals surface area (Å²) in [5.41, 5.74) is 5.61. The van der Waals surface area contributed by atoms with E-state index in [1.807, 2.05) is 39.8 Å². The molecule has 0 fully saturated rings. The van der Waals surface area contributed by atoms with Gasteiger partial charge in [0.2, 0.25) is 0 Å². The van der Waals surface area contributed by atoms with Crippen molar-refractivity contribution in [3.05, 3.63) is 46.6 Å². The number of esters is 2. The van der Waals surface area contributed by atoms with Gasteiger partial charge in [-0.15, -0.1) is 0 Å². The third-order valence-electron chi connectivity index (χ3n) is 3.06. The molecule has 0 heterocycles. The third kappa shape index (κ3) is 529. The minimum atomic E-state index is -0.245. The van der Waals surface area contributed by atoms with Crippen LogP contribution in [0.4, 0.5) is 0 Å². The Bertz CT molecular complexity index is 532. The van der Waals surface area contributed by atoms with Crippen LogP contribution in [0.15, 0.2) is 46.6 Å². The molecule has 0 aliphatic rings. The highest BCUT2D eigenvalue weighted by Crippen LogP contribution is 1.97. The largest absolute Gasteiger partial charge is 0.469 e. The molecule has 0 unspecified atom stereocenters. The Labute approximate surface area is 283 Å². The molecular formula is C38H92O6. The van der Waals surface area contributed by atoms with Crippen LogP contribution in [0.25, 0.3) is 0 Å². The molecule has 0 bridgehead atoms. The molecule has 0 saturated heterocycles. The minimum Gasteiger partial charge on any atom is -0.469 e. The first kappa shape index (κ1) is 96.9. The third-order valence-corrected chi connectivity index (χ3v) is 3.06. The first-order valence-electron chi connectivity index (χ1n) is 12.1. The van der Waals surface area contributed by atoms with Crippen molar-refractivity contribution in [3.8, 4) is 0 Å². The number of Topliss-reactive ketones (excluding diaryl/α,β-unsaturated/α-hetero) is 1. The predicted octanol–water partition coefficient (Wildman–Crippen LogP) is 13.6. The smallest absolute Gasteiger partial charge is 0.302 e. The Morgan fingerprint density at radius 1 is 0.409 bits per heavy atom. The van der Waals surface area contributed by atoms with Gasteiger partial charge in [-0.1, -0.05) is 98.6 Å². The summed E-state index contributed by atoms with van der Waals surface area (Å²) in [6, 6.07) is 0. The highest BCUT2D eigenvalue weighted by Gasteiger charge is 1.76. The van der Waals surface area contributed by atoms with E-state index >= 15 is 0 Å². The van der Waals surface area contributed by atoms with Crippen LogP contribution in [0.3, 0.4) is 0 Å². The molecule has 0 amide bonds. The second-order valence-electron chi connectivity index (χ2n) is 8.11. The van der Waals surface area contributed by atoms with E-state index in [0.717, 1.165) is 0 Å². The van der Waals surface area contributed by atoms with Gasteiger partial charge in [-0.05, 0) is 96.9 Å². The van der Waals surface area contributed by atoms with Crippen molar-refractivity contribution in [2.45, 2.75) is 163 Å². The first-order chi connectivity index (χ1) is 16.8. The maximum Gasteiger partial charge on any atom is 0.302 e. The number of rotatable bonds is 0. The molecule has 0 aromatic rings. The van der Waals surface area contributed by atoms with Gasteiger partial charge in [0.05, 0.1) is 14.2 Å². The molecule has 0 rings (SSSR count). The molecule has 0 aliphatic carbocycles. The van der Waals surface area contributed by atoms with Crippen molar-refractivity contribution >= 4 is 17.7 Å². The summed E-state index contributed by atoms with van der Waals surface area (Å²) in [5, 5.41) is 0. The fourth-order valence-electron chi connectivity index (χ4n) is 0. The maximum absolute atomic E-state index is 9.59. The van der Waals surface area contributed by atoms with Gasteiger partial charge >= 0.3 is 11.9 Å². The topological polar surface area (TPSA) is 78.9 Å². The highest BCUT2D eigenvalue weighted by molar-refractivity contribution is 5.72. The number of methoxy groups -OCH3 is 3. The number of hydrogen-bond acceptors (Lipinski definition) is 6. The molecule has 6 nitrogen and oxygen atoms in total. The second-order valence-corrected chi connectivity index (χ2v) is 8.11. The molecule has 6 heteroatoms. The van der Waals surface area contributed by atoms with Crippen LogP contribution in [0.1, 0.15) is 163 Å². The SMILES string of the molecule is C.C.C.C.C.C.C.C/C=C/C.CC(C)=C(C)C.CC(C)=O.CC=C(C)C.CC=C(C)C.COC.COC(C)=O.COC(C)=O. The van der Waals surface area contributed by atoms with Crippen LogP contribution in [-0.4, -0.2) is 46.2 Å². The van der Waals surface area contributed by atoms with Crippen LogP contribution >= 0.6 is 0 Å². The lowest BCUT2D eigenvalue weighted by atomic mass is 10.2. The van der Waals surface area contributed by atoms with E-state index in [9.17, 15) is 14.4 Å². The van der Waals surface area contributed by atoms with Crippen molar-refractivity contribution in [1.82, 2.24) is 0 Å². The van der Waals surface area contributed by atoms with Crippen molar-refractivity contribution in [1.29, 1.82) is 0 Å². The van der Waals surface area contributed by atoms with Gasteiger partial charge < -0.3 is 19.0 Å². The summed E-state index contributed by atoms with van der Waals surface area (Å²) in [5.74, 6) is -0.324. The van der Waals surface area contributed by atoms with Crippen LogP contribution in [0.5, 0.6) is 0 Å². The number of carbonyl (C=O) groups excluding carboxylic acids is 3. The predicted molar refractivity (Wildman–Crippen MR) is 212 cm³/mol. The normalized spacial score (nSPS) is 6.09. The quantitative estimate of drug-likeness (QED) is 0.193. The van der Waals surface area contributed by atoms with Crippen LogP contribution < -0.4 is 0 Å². The Kier molecular flexibility index (Phi) is 214. The summed E-state index contributed by atoms with van der Waals surface area (Å²) in [4.78, 5) is 28.6. The van der Waals surface area contributed by atoms with E-state index in [4.69, 9.17) is 0 Å². The van der Waals surface area contributed by atoms with Gasteiger partial charge in [0.1, 0.15) is 5.78 Å². The Balaban J connectivity index is -0.0000000165. The number of ketones is 1. The zero-order valence-electron chi connectivity index (χ0n) is 28.3. The highest BCUT2D eigenvalue weighted by atomic mass is 16.5. The molecule has 0 N–H and O–H groups in total. The molecule has 0 aromatic heterocycles. The van der Waals surface area contributed by atoms with Crippen LogP contribution in [-0.2, 0) is 28.6 Å². The van der Waals surface area contributed by atoms with Gasteiger partial charge in [-0.2, -0.15) is 0 Å². The van der Waals surface area contributed by atoms with E-state index in [1.165, 1.54) is 64.2 Å². The molecule has 0 aliphatic heterocycles. The fourth-order valence-corrected chi connectivity index (χ4v) is 0. The number of allylic oxidation sites excluding steroid dienone is 8. The van der Waals surface area contributed by atoms with Crippen LogP contribution in [0.2, 0.25) is 0 Å². The van der Waals surface area contributed by atoms with Crippen molar-refractivity contribution < 1.29 is 28.6 Å². The van der Waals surface area contributed by atoms with E-state index < -0.39 is 0 Å². The number of hydrogen-bond donors (Lipinski definition) is 0. The Hall–Kier alpha value is -2.47. The Morgan fingerprint density at radius 3 is 0.500 bits per heavy atom. The van der Waals surface area contributed by atoms with Crippen molar-refractivity contribution in [2.24, 2.45) is 0 Å². The summed E-state index contributed by atoms with van der Waals surface area (Å²) in [6.07, 6.45) is 8.17. The standard InChI is InChI=1S/C6H12.2C5H10.C4H8.2C3H6O2.C3H6O.C2H6O.7CH4/c1-5(2)6(3)4;2*1-4-5(2)3;1-3-4-2;2*1-3(4)5-2;1-3(2)4;1-3-2;;;;;;;/h1-4H3;2*4H,1-3H3;3-4H,1-2H3;2*1-2H3;1-2H3;1-2H3;7*1H4/b;;;4-3+;;;;;;;;;;;. The van der Waals surface area contributed by atoms with Gasteiger partial charge in [0, 0.05) is 28.1 Å². The molecule has 0 aromatic carbocycles. The second kappa shape index (κ2) is 97.2. The van der Waals surface area contributed by atoms with E-state index in [1.54, 1.807) is 14.2 Å². The lowest BCUT2D eigenvalue weighted by Gasteiger charge is -1.88. The van der Waals surface area contributed by atoms with E-state index in [0.29, 0.717) is 0 Å². The number of carbonyl (C=O) groups is 3. The summed E-state index contributed by atoms with van der Waals surface area (Å²) >= 11 is 0. The first-order valence-corrected chi connectivity index (χ1v) is 12.1. The van der Waals surface area contributed by atoms with Gasteiger partial charge in [0.15, 0.2) is 0 Å². The lowest BCUT2D eigenvalue weighted by molar-refractivity contribution is -0.138. The molecule has 0 spiro atoms. The average molecular weight is 645 g/mol. The summed E-state index contributed by atoms with van der Waals surface area (Å²) in [6.45, 7) is 30.7. The molecule has 0 saturated carbocycles. The summed E-state index contributed by atoms with van der Waals surface area (Å²) in [7, 11) is 5.95. The average Bonchev–Trinajstić information content (AvgIpc) is 2.80. The lowest BCUT2D eigenvalue weighted by Crippen LogP contribution is -1.88. The molecular weight excluding hydrogens is 552 g/mol. The van der Waals surface area contributed by atoms with Crippen molar-refractivity contribution in [3.63, 3.8) is 0 Å². The maximum atomic E-state index is 9.59. The van der Waals surface area contributed by atoms with Crippen LogP contribution in [0, 0.1) is 0 Å². The molecule has 280 valence electrons. The molecule has 44 heavy (non-hydrogen) atoms. The van der Waals surface area contributed by atoms with Crippen molar-refractivity contribution in [2.75, 3.05) is 28.4 Å². The monoisotopic (exact) mass is 645 g/mol. The number of ether oxygens (including phenoxy) is 3. The fraction of sp³-hybridized carbons (Fsp3) is 0.711. The van der Waals surface area contributed by atoms with E-state index in [2.05, 4.69) is 81.8 Å². The minimum absolute atomic E-state index is 0. The van der Waals surface area contributed by atoms with Gasteiger partial charge in [-0.25, -0.2) is 0 Å². The molecule has 0 atom stereocenters. The van der Waals surface area contributed by atoms with E-state index in [-0.39, 0.29) is 69.7 Å². The van der Waals surface area contributed by atoms with Gasteiger partial charge in [-0.3, -0.25) is 9.59 Å². The zero-order valence-corrected chi connectivity index (χ0v) is 28.3. The molecule has 0 radical (unpaired) electrons. The van der Waals surface area contributed by atoms with Gasteiger partial charge in [0.25, 0.3) is 0 Å². The Morgan fingerprint density at radius 2 is 0.500 bits per heavy atom.